The molecule has 3 aromatic heterocycles. The minimum atomic E-state index is -4.51. The van der Waals surface area contributed by atoms with Crippen molar-refractivity contribution < 1.29 is 21.6 Å². The third-order valence-electron chi connectivity index (χ3n) is 5.86. The second-order valence-corrected chi connectivity index (χ2v) is 10.9. The van der Waals surface area contributed by atoms with Crippen LogP contribution in [0, 0.1) is 0 Å². The quantitative estimate of drug-likeness (QED) is 0.303. The SMILES string of the molecule is CS(=O)(=O)c1cccc(-c2cc(Cc3ccc(-n4cccn4)cc3)c3nc(N)nc(NCC(F)(F)F)c3n2)c1. The molecule has 200 valence electrons. The average molecular weight is 554 g/mol. The fourth-order valence-electron chi connectivity index (χ4n) is 4.07. The van der Waals surface area contributed by atoms with Gasteiger partial charge in [0.25, 0.3) is 0 Å². The molecule has 0 amide bonds. The molecule has 0 aliphatic rings. The average Bonchev–Trinajstić information content (AvgIpc) is 3.42. The number of hydrogen-bond acceptors (Lipinski definition) is 8. The Morgan fingerprint density at radius 2 is 1.74 bits per heavy atom. The molecule has 0 atom stereocenters. The maximum absolute atomic E-state index is 13.0. The van der Waals surface area contributed by atoms with E-state index in [1.165, 1.54) is 12.1 Å². The Morgan fingerprint density at radius 1 is 0.974 bits per heavy atom. The summed E-state index contributed by atoms with van der Waals surface area (Å²) >= 11 is 0. The van der Waals surface area contributed by atoms with Gasteiger partial charge in [0.15, 0.2) is 15.7 Å². The van der Waals surface area contributed by atoms with E-state index in [1.54, 1.807) is 29.1 Å². The number of anilines is 2. The van der Waals surface area contributed by atoms with Gasteiger partial charge in [-0.2, -0.15) is 23.3 Å². The first-order valence-corrected chi connectivity index (χ1v) is 13.5. The summed E-state index contributed by atoms with van der Waals surface area (Å²) in [5.74, 6) is -0.387. The number of nitrogens with one attached hydrogen (secondary N) is 1. The number of halogens is 3. The number of hydrogen-bond donors (Lipinski definition) is 2. The number of benzene rings is 2. The van der Waals surface area contributed by atoms with Crippen LogP contribution in [-0.4, -0.2) is 52.1 Å². The van der Waals surface area contributed by atoms with Gasteiger partial charge >= 0.3 is 6.18 Å². The highest BCUT2D eigenvalue weighted by Crippen LogP contribution is 2.31. The fraction of sp³-hybridized carbons (Fsp3) is 0.154. The molecule has 39 heavy (non-hydrogen) atoms. The molecular weight excluding hydrogens is 531 g/mol. The van der Waals surface area contributed by atoms with E-state index in [9.17, 15) is 21.6 Å². The lowest BCUT2D eigenvalue weighted by Crippen LogP contribution is -2.22. The molecule has 13 heteroatoms. The van der Waals surface area contributed by atoms with Gasteiger partial charge in [-0.05, 0) is 53.9 Å². The first-order chi connectivity index (χ1) is 18.5. The lowest BCUT2D eigenvalue weighted by molar-refractivity contribution is -0.115. The second-order valence-electron chi connectivity index (χ2n) is 8.86. The van der Waals surface area contributed by atoms with E-state index in [1.807, 2.05) is 36.5 Å². The Kier molecular flexibility index (Phi) is 6.68. The second kappa shape index (κ2) is 9.98. The van der Waals surface area contributed by atoms with Crippen molar-refractivity contribution in [2.24, 2.45) is 0 Å². The van der Waals surface area contributed by atoms with E-state index in [-0.39, 0.29) is 27.7 Å². The lowest BCUT2D eigenvalue weighted by Gasteiger charge is -2.15. The molecule has 0 saturated heterocycles. The summed E-state index contributed by atoms with van der Waals surface area (Å²) < 4.78 is 65.1. The van der Waals surface area contributed by atoms with Crippen molar-refractivity contribution in [2.75, 3.05) is 23.9 Å². The molecule has 5 rings (SSSR count). The molecule has 2 aromatic carbocycles. The number of alkyl halides is 3. The van der Waals surface area contributed by atoms with Crippen LogP contribution in [-0.2, 0) is 16.3 Å². The van der Waals surface area contributed by atoms with Crippen molar-refractivity contribution in [1.82, 2.24) is 24.7 Å². The summed E-state index contributed by atoms with van der Waals surface area (Å²) in [5, 5.41) is 6.49. The molecule has 0 bridgehead atoms. The van der Waals surface area contributed by atoms with Crippen LogP contribution in [0.25, 0.3) is 28.0 Å². The van der Waals surface area contributed by atoms with Crippen molar-refractivity contribution in [3.63, 3.8) is 0 Å². The number of sulfone groups is 1. The Labute approximate surface area is 221 Å². The molecule has 5 aromatic rings. The predicted octanol–water partition coefficient (Wildman–Crippen LogP) is 4.43. The summed E-state index contributed by atoms with van der Waals surface area (Å²) in [6, 6.07) is 17.3. The largest absolute Gasteiger partial charge is 0.405 e. The van der Waals surface area contributed by atoms with Gasteiger partial charge in [0.1, 0.15) is 17.6 Å². The fourth-order valence-corrected chi connectivity index (χ4v) is 4.74. The van der Waals surface area contributed by atoms with E-state index in [2.05, 4.69) is 25.4 Å². The molecule has 0 spiro atoms. The molecule has 0 unspecified atom stereocenters. The van der Waals surface area contributed by atoms with Crippen LogP contribution in [0.2, 0.25) is 0 Å². The topological polar surface area (TPSA) is 129 Å². The van der Waals surface area contributed by atoms with Gasteiger partial charge in [0.05, 0.1) is 16.3 Å². The summed E-state index contributed by atoms with van der Waals surface area (Å²) in [4.78, 5) is 12.9. The van der Waals surface area contributed by atoms with Crippen LogP contribution in [0.15, 0.2) is 78.0 Å². The molecule has 0 saturated carbocycles. The standard InChI is InChI=1S/C26H22F3N7O2S/c1-39(37,38)20-5-2-4-17(13-20)21-14-18(12-16-6-8-19(9-7-16)36-11-3-10-32-36)22-23(33-21)24(35-25(30)34-22)31-15-26(27,28)29/h2-11,13-14H,12,15H2,1H3,(H3,30,31,34,35). The first-order valence-electron chi connectivity index (χ1n) is 11.6. The van der Waals surface area contributed by atoms with E-state index >= 15 is 0 Å². The number of fused-ring (bicyclic) bond motifs is 1. The highest BCUT2D eigenvalue weighted by atomic mass is 32.2. The molecule has 3 heterocycles. The smallest absolute Gasteiger partial charge is 0.368 e. The van der Waals surface area contributed by atoms with E-state index in [0.717, 1.165) is 17.5 Å². The van der Waals surface area contributed by atoms with E-state index in [0.29, 0.717) is 23.2 Å². The van der Waals surface area contributed by atoms with Gasteiger partial charge in [0.2, 0.25) is 5.95 Å². The zero-order chi connectivity index (χ0) is 27.8. The van der Waals surface area contributed by atoms with Gasteiger partial charge in [0, 0.05) is 24.2 Å². The Morgan fingerprint density at radius 3 is 2.41 bits per heavy atom. The monoisotopic (exact) mass is 553 g/mol. The first kappa shape index (κ1) is 26.1. The maximum Gasteiger partial charge on any atom is 0.405 e. The summed E-state index contributed by atoms with van der Waals surface area (Å²) in [7, 11) is -3.51. The van der Waals surface area contributed by atoms with E-state index in [4.69, 9.17) is 5.73 Å². The van der Waals surface area contributed by atoms with Crippen LogP contribution in [0.5, 0.6) is 0 Å². The summed E-state index contributed by atoms with van der Waals surface area (Å²) in [6.07, 6.45) is 0.413. The highest BCUT2D eigenvalue weighted by Gasteiger charge is 2.28. The Bertz CT molecular complexity index is 1760. The third kappa shape index (κ3) is 5.98. The summed E-state index contributed by atoms with van der Waals surface area (Å²) in [5.41, 5.74) is 9.41. The molecule has 3 N–H and O–H groups in total. The van der Waals surface area contributed by atoms with Gasteiger partial charge < -0.3 is 11.1 Å². The van der Waals surface area contributed by atoms with Crippen molar-refractivity contribution in [1.29, 1.82) is 0 Å². The number of pyridine rings is 1. The van der Waals surface area contributed by atoms with Crippen LogP contribution >= 0.6 is 0 Å². The number of rotatable bonds is 7. The van der Waals surface area contributed by atoms with Crippen molar-refractivity contribution in [3.05, 3.63) is 84.2 Å². The normalized spacial score (nSPS) is 12.1. The zero-order valence-corrected chi connectivity index (χ0v) is 21.3. The molecule has 9 nitrogen and oxygen atoms in total. The Hall–Kier alpha value is -4.52. The Balaban J connectivity index is 1.64. The molecule has 0 radical (unpaired) electrons. The van der Waals surface area contributed by atoms with Crippen LogP contribution in [0.1, 0.15) is 11.1 Å². The number of nitrogens with two attached hydrogens (primary N) is 1. The van der Waals surface area contributed by atoms with Gasteiger partial charge in [-0.25, -0.2) is 23.1 Å². The predicted molar refractivity (Wildman–Crippen MR) is 141 cm³/mol. The number of nitrogen functional groups attached to an aromatic ring is 1. The van der Waals surface area contributed by atoms with Gasteiger partial charge in [-0.15, -0.1) is 0 Å². The molecular formula is C26H22F3N7O2S. The van der Waals surface area contributed by atoms with Crippen LogP contribution in [0.3, 0.4) is 0 Å². The van der Waals surface area contributed by atoms with Crippen LogP contribution < -0.4 is 11.1 Å². The van der Waals surface area contributed by atoms with Crippen molar-refractivity contribution >= 4 is 32.6 Å². The van der Waals surface area contributed by atoms with Crippen LogP contribution in [0.4, 0.5) is 24.9 Å². The lowest BCUT2D eigenvalue weighted by atomic mass is 10.0. The minimum absolute atomic E-state index is 0.0823. The van der Waals surface area contributed by atoms with Crippen molar-refractivity contribution in [3.8, 4) is 16.9 Å². The van der Waals surface area contributed by atoms with Crippen molar-refractivity contribution in [2.45, 2.75) is 17.5 Å². The molecule has 0 aliphatic carbocycles. The minimum Gasteiger partial charge on any atom is -0.368 e. The van der Waals surface area contributed by atoms with Gasteiger partial charge in [-0.1, -0.05) is 24.3 Å². The summed E-state index contributed by atoms with van der Waals surface area (Å²) in [6.45, 7) is -1.35. The zero-order valence-electron chi connectivity index (χ0n) is 20.5. The molecule has 0 fully saturated rings. The third-order valence-corrected chi connectivity index (χ3v) is 6.97. The molecule has 0 aliphatic heterocycles. The van der Waals surface area contributed by atoms with Gasteiger partial charge in [-0.3, -0.25) is 0 Å². The number of nitrogens with zero attached hydrogens (tertiary/aromatic N) is 5. The number of aromatic nitrogens is 5. The maximum atomic E-state index is 13.0. The van der Waals surface area contributed by atoms with E-state index < -0.39 is 22.6 Å². The highest BCUT2D eigenvalue weighted by molar-refractivity contribution is 7.90.